The molecule has 0 fully saturated rings. The van der Waals surface area contributed by atoms with Crippen molar-refractivity contribution >= 4 is 0 Å². The fourth-order valence-electron chi connectivity index (χ4n) is 1.48. The van der Waals surface area contributed by atoms with Crippen LogP contribution >= 0.6 is 0 Å². The average Bonchev–Trinajstić information content (AvgIpc) is 2.08. The van der Waals surface area contributed by atoms with Gasteiger partial charge in [0, 0.05) is 0 Å². The fourth-order valence-corrected chi connectivity index (χ4v) is 1.48. The minimum absolute atomic E-state index is 0.812. The van der Waals surface area contributed by atoms with Crippen LogP contribution < -0.4 is 0 Å². The normalized spacial score (nSPS) is 12.1. The standard InChI is InChI=1S/C14H28/c1-13(2)11-9-7-5-6-8-10-12-14(3)4/h7,9,13-14H,5-6,8,10-12H2,1-4H3. The van der Waals surface area contributed by atoms with Gasteiger partial charge < -0.3 is 0 Å². The molecule has 0 aliphatic rings. The van der Waals surface area contributed by atoms with E-state index in [1.165, 1.54) is 38.5 Å². The van der Waals surface area contributed by atoms with E-state index in [9.17, 15) is 0 Å². The highest BCUT2D eigenvalue weighted by Crippen LogP contribution is 2.10. The number of hydrogen-bond donors (Lipinski definition) is 0. The van der Waals surface area contributed by atoms with Crippen LogP contribution in [0.5, 0.6) is 0 Å². The second-order valence-corrected chi connectivity index (χ2v) is 5.13. The van der Waals surface area contributed by atoms with Crippen LogP contribution in [0.25, 0.3) is 0 Å². The van der Waals surface area contributed by atoms with Crippen LogP contribution in [0.15, 0.2) is 12.2 Å². The molecule has 0 rings (SSSR count). The van der Waals surface area contributed by atoms with Gasteiger partial charge in [0.25, 0.3) is 0 Å². The Morgan fingerprint density at radius 2 is 1.50 bits per heavy atom. The molecule has 0 aromatic heterocycles. The molecule has 0 bridgehead atoms. The van der Waals surface area contributed by atoms with Gasteiger partial charge in [-0.25, -0.2) is 0 Å². The van der Waals surface area contributed by atoms with Crippen molar-refractivity contribution in [3.05, 3.63) is 12.2 Å². The smallest absolute Gasteiger partial charge is 0.0327 e. The van der Waals surface area contributed by atoms with E-state index < -0.39 is 0 Å². The molecule has 0 aliphatic heterocycles. The van der Waals surface area contributed by atoms with Gasteiger partial charge in [-0.1, -0.05) is 59.1 Å². The largest absolute Gasteiger partial charge is 0.0885 e. The van der Waals surface area contributed by atoms with Gasteiger partial charge in [-0.15, -0.1) is 0 Å². The van der Waals surface area contributed by atoms with Crippen molar-refractivity contribution in [2.24, 2.45) is 11.8 Å². The molecule has 0 saturated heterocycles. The first-order valence-corrected chi connectivity index (χ1v) is 6.28. The van der Waals surface area contributed by atoms with Gasteiger partial charge in [0.2, 0.25) is 0 Å². The first kappa shape index (κ1) is 13.7. The van der Waals surface area contributed by atoms with Gasteiger partial charge in [0.1, 0.15) is 0 Å². The van der Waals surface area contributed by atoms with E-state index in [-0.39, 0.29) is 0 Å². The molecular weight excluding hydrogens is 168 g/mol. The van der Waals surface area contributed by atoms with E-state index in [1.54, 1.807) is 0 Å². The lowest BCUT2D eigenvalue weighted by molar-refractivity contribution is 0.528. The summed E-state index contributed by atoms with van der Waals surface area (Å²) in [6, 6.07) is 0. The fraction of sp³-hybridized carbons (Fsp3) is 0.857. The summed E-state index contributed by atoms with van der Waals surface area (Å²) in [7, 11) is 0. The van der Waals surface area contributed by atoms with Crippen LogP contribution in [0.3, 0.4) is 0 Å². The molecule has 84 valence electrons. The van der Waals surface area contributed by atoms with Gasteiger partial charge in [0.05, 0.1) is 0 Å². The Labute approximate surface area is 90.8 Å². The molecule has 0 nitrogen and oxygen atoms in total. The van der Waals surface area contributed by atoms with E-state index in [0.29, 0.717) is 0 Å². The second-order valence-electron chi connectivity index (χ2n) is 5.13. The maximum atomic E-state index is 2.36. The molecule has 0 heteroatoms. The van der Waals surface area contributed by atoms with Crippen molar-refractivity contribution in [1.82, 2.24) is 0 Å². The molecule has 0 atom stereocenters. The summed E-state index contributed by atoms with van der Waals surface area (Å²) in [6.45, 7) is 9.16. The van der Waals surface area contributed by atoms with Crippen molar-refractivity contribution in [1.29, 1.82) is 0 Å². The Morgan fingerprint density at radius 1 is 0.786 bits per heavy atom. The third-order valence-electron chi connectivity index (χ3n) is 2.43. The summed E-state index contributed by atoms with van der Waals surface area (Å²) >= 11 is 0. The summed E-state index contributed by atoms with van der Waals surface area (Å²) in [5.41, 5.74) is 0. The SMILES string of the molecule is CC(C)CC=CCCCCCC(C)C. The molecule has 0 aromatic rings. The van der Waals surface area contributed by atoms with Crippen molar-refractivity contribution in [2.45, 2.75) is 66.2 Å². The monoisotopic (exact) mass is 196 g/mol. The highest BCUT2D eigenvalue weighted by Gasteiger charge is 1.93. The number of allylic oxidation sites excluding steroid dienone is 2. The predicted molar refractivity (Wildman–Crippen MR) is 66.5 cm³/mol. The topological polar surface area (TPSA) is 0 Å². The van der Waals surface area contributed by atoms with Crippen molar-refractivity contribution in [2.75, 3.05) is 0 Å². The lowest BCUT2D eigenvalue weighted by Gasteiger charge is -2.02. The molecular formula is C14H28. The maximum Gasteiger partial charge on any atom is -0.0327 e. The lowest BCUT2D eigenvalue weighted by Crippen LogP contribution is -1.86. The maximum absolute atomic E-state index is 2.36. The number of rotatable bonds is 8. The highest BCUT2D eigenvalue weighted by atomic mass is 14.0. The Bertz CT molecular complexity index is 131. The van der Waals surface area contributed by atoms with Crippen molar-refractivity contribution < 1.29 is 0 Å². The van der Waals surface area contributed by atoms with E-state index in [2.05, 4.69) is 39.8 Å². The summed E-state index contributed by atoms with van der Waals surface area (Å²) in [6.07, 6.45) is 12.8. The zero-order chi connectivity index (χ0) is 10.8. The molecule has 0 amide bonds. The summed E-state index contributed by atoms with van der Waals surface area (Å²) in [5, 5.41) is 0. The Hall–Kier alpha value is -0.260. The lowest BCUT2D eigenvalue weighted by atomic mass is 10.0. The van der Waals surface area contributed by atoms with E-state index in [4.69, 9.17) is 0 Å². The van der Waals surface area contributed by atoms with Crippen molar-refractivity contribution in [3.63, 3.8) is 0 Å². The van der Waals surface area contributed by atoms with Crippen LogP contribution in [0.4, 0.5) is 0 Å². The average molecular weight is 196 g/mol. The zero-order valence-corrected chi connectivity index (χ0v) is 10.6. The van der Waals surface area contributed by atoms with Gasteiger partial charge in [-0.05, 0) is 31.1 Å². The van der Waals surface area contributed by atoms with Crippen LogP contribution in [-0.4, -0.2) is 0 Å². The van der Waals surface area contributed by atoms with Crippen LogP contribution in [0.1, 0.15) is 66.2 Å². The van der Waals surface area contributed by atoms with Crippen molar-refractivity contribution in [3.8, 4) is 0 Å². The molecule has 0 spiro atoms. The van der Waals surface area contributed by atoms with E-state index in [1.807, 2.05) is 0 Å². The first-order chi connectivity index (χ1) is 6.63. The molecule has 0 saturated carbocycles. The Balaban J connectivity index is 3.09. The third-order valence-corrected chi connectivity index (χ3v) is 2.43. The molecule has 14 heavy (non-hydrogen) atoms. The van der Waals surface area contributed by atoms with Gasteiger partial charge in [-0.3, -0.25) is 0 Å². The zero-order valence-electron chi connectivity index (χ0n) is 10.6. The highest BCUT2D eigenvalue weighted by molar-refractivity contribution is 4.82. The van der Waals surface area contributed by atoms with Gasteiger partial charge in [-0.2, -0.15) is 0 Å². The van der Waals surface area contributed by atoms with Crippen LogP contribution in [0, 0.1) is 11.8 Å². The van der Waals surface area contributed by atoms with Gasteiger partial charge in [0.15, 0.2) is 0 Å². The molecule has 0 aliphatic carbocycles. The molecule has 0 N–H and O–H groups in total. The summed E-state index contributed by atoms with van der Waals surface area (Å²) < 4.78 is 0. The molecule has 0 radical (unpaired) electrons. The minimum Gasteiger partial charge on any atom is -0.0885 e. The number of unbranched alkanes of at least 4 members (excludes halogenated alkanes) is 3. The van der Waals surface area contributed by atoms with Crippen LogP contribution in [0.2, 0.25) is 0 Å². The quantitative estimate of drug-likeness (QED) is 0.370. The first-order valence-electron chi connectivity index (χ1n) is 6.28. The second kappa shape index (κ2) is 9.30. The number of hydrogen-bond acceptors (Lipinski definition) is 0. The predicted octanol–water partition coefficient (Wildman–Crippen LogP) is 5.20. The minimum atomic E-state index is 0.812. The van der Waals surface area contributed by atoms with Gasteiger partial charge >= 0.3 is 0 Å². The third kappa shape index (κ3) is 11.7. The summed E-state index contributed by atoms with van der Waals surface area (Å²) in [4.78, 5) is 0. The summed E-state index contributed by atoms with van der Waals surface area (Å²) in [5.74, 6) is 1.69. The molecule has 0 heterocycles. The molecule has 0 unspecified atom stereocenters. The van der Waals surface area contributed by atoms with E-state index >= 15 is 0 Å². The Morgan fingerprint density at radius 3 is 2.07 bits per heavy atom. The van der Waals surface area contributed by atoms with Crippen LogP contribution in [-0.2, 0) is 0 Å². The Kier molecular flexibility index (Phi) is 9.13. The molecule has 0 aromatic carbocycles. The van der Waals surface area contributed by atoms with E-state index in [0.717, 1.165) is 11.8 Å².